The molecule has 0 aliphatic rings. The van der Waals surface area contributed by atoms with Gasteiger partial charge >= 0.3 is 11.9 Å². The standard InChI is InChI=1S/C8H14N4O4/c1-3-16-7(13)5-10-6(4-11-12-9)8(14)15-2/h6,10H,3-5H2,1-2H3. The summed E-state index contributed by atoms with van der Waals surface area (Å²) in [5.41, 5.74) is 8.12. The Morgan fingerprint density at radius 1 is 1.56 bits per heavy atom. The Hall–Kier alpha value is -1.79. The van der Waals surface area contributed by atoms with Gasteiger partial charge in [0.2, 0.25) is 0 Å². The van der Waals surface area contributed by atoms with E-state index in [1.807, 2.05) is 0 Å². The highest BCUT2D eigenvalue weighted by molar-refractivity contribution is 5.77. The second-order valence-electron chi connectivity index (χ2n) is 2.68. The maximum absolute atomic E-state index is 11.2. The highest BCUT2D eigenvalue weighted by Crippen LogP contribution is 1.90. The van der Waals surface area contributed by atoms with Gasteiger partial charge in [0.25, 0.3) is 0 Å². The molecule has 0 aromatic rings. The van der Waals surface area contributed by atoms with Crippen LogP contribution in [0.3, 0.4) is 0 Å². The molecule has 0 heterocycles. The number of esters is 2. The Kier molecular flexibility index (Phi) is 7.56. The van der Waals surface area contributed by atoms with Crippen molar-refractivity contribution in [2.45, 2.75) is 13.0 Å². The summed E-state index contributed by atoms with van der Waals surface area (Å²) in [6.45, 7) is 1.67. The monoisotopic (exact) mass is 230 g/mol. The van der Waals surface area contributed by atoms with E-state index in [1.54, 1.807) is 6.92 Å². The largest absolute Gasteiger partial charge is 0.468 e. The molecule has 1 N–H and O–H groups in total. The number of hydrogen-bond donors (Lipinski definition) is 1. The average molecular weight is 230 g/mol. The highest BCUT2D eigenvalue weighted by atomic mass is 16.5. The van der Waals surface area contributed by atoms with Crippen LogP contribution in [-0.4, -0.2) is 44.8 Å². The molecule has 0 radical (unpaired) electrons. The predicted molar refractivity (Wildman–Crippen MR) is 54.5 cm³/mol. The van der Waals surface area contributed by atoms with E-state index in [0.29, 0.717) is 0 Å². The molecule has 0 spiro atoms. The van der Waals surface area contributed by atoms with E-state index in [0.717, 1.165) is 0 Å². The van der Waals surface area contributed by atoms with Crippen LogP contribution in [0.1, 0.15) is 6.92 Å². The molecule has 0 fully saturated rings. The van der Waals surface area contributed by atoms with Crippen molar-refractivity contribution in [1.29, 1.82) is 0 Å². The number of carbonyl (C=O) groups is 2. The maximum atomic E-state index is 11.2. The smallest absolute Gasteiger partial charge is 0.323 e. The van der Waals surface area contributed by atoms with E-state index in [9.17, 15) is 9.59 Å². The molecule has 0 amide bonds. The lowest BCUT2D eigenvalue weighted by Crippen LogP contribution is -2.42. The van der Waals surface area contributed by atoms with Crippen molar-refractivity contribution in [1.82, 2.24) is 5.32 Å². The van der Waals surface area contributed by atoms with Gasteiger partial charge in [-0.25, -0.2) is 0 Å². The first-order chi connectivity index (χ1) is 7.65. The molecule has 0 aromatic heterocycles. The Morgan fingerprint density at radius 3 is 2.75 bits per heavy atom. The number of ether oxygens (including phenoxy) is 2. The number of carbonyl (C=O) groups excluding carboxylic acids is 2. The number of nitrogens with zero attached hydrogens (tertiary/aromatic N) is 3. The molecule has 0 saturated heterocycles. The van der Waals surface area contributed by atoms with Gasteiger partial charge in [-0.15, -0.1) is 0 Å². The molecule has 1 unspecified atom stereocenters. The molecule has 0 aromatic carbocycles. The molecule has 0 bridgehead atoms. The van der Waals surface area contributed by atoms with Crippen LogP contribution in [0.25, 0.3) is 10.4 Å². The van der Waals surface area contributed by atoms with Gasteiger partial charge in [0.1, 0.15) is 6.04 Å². The zero-order valence-corrected chi connectivity index (χ0v) is 9.17. The molecule has 8 nitrogen and oxygen atoms in total. The van der Waals surface area contributed by atoms with Gasteiger partial charge in [0.05, 0.1) is 26.8 Å². The summed E-state index contributed by atoms with van der Waals surface area (Å²) < 4.78 is 9.12. The lowest BCUT2D eigenvalue weighted by Gasteiger charge is -2.13. The van der Waals surface area contributed by atoms with Crippen molar-refractivity contribution in [2.75, 3.05) is 26.8 Å². The van der Waals surface area contributed by atoms with Crippen molar-refractivity contribution in [3.63, 3.8) is 0 Å². The van der Waals surface area contributed by atoms with Gasteiger partial charge in [0.15, 0.2) is 0 Å². The third-order valence-electron chi connectivity index (χ3n) is 1.61. The second-order valence-corrected chi connectivity index (χ2v) is 2.68. The number of nitrogens with one attached hydrogen (secondary N) is 1. The lowest BCUT2D eigenvalue weighted by atomic mass is 10.3. The Labute approximate surface area is 92.5 Å². The molecule has 0 rings (SSSR count). The van der Waals surface area contributed by atoms with E-state index in [-0.39, 0.29) is 19.7 Å². The summed E-state index contributed by atoms with van der Waals surface area (Å²) in [4.78, 5) is 24.7. The van der Waals surface area contributed by atoms with Crippen LogP contribution in [0.2, 0.25) is 0 Å². The van der Waals surface area contributed by atoms with Crippen molar-refractivity contribution < 1.29 is 19.1 Å². The maximum Gasteiger partial charge on any atom is 0.323 e. The molecule has 90 valence electrons. The van der Waals surface area contributed by atoms with Crippen LogP contribution in [-0.2, 0) is 19.1 Å². The average Bonchev–Trinajstić information content (AvgIpc) is 2.28. The topological polar surface area (TPSA) is 113 Å². The minimum atomic E-state index is -0.842. The van der Waals surface area contributed by atoms with Gasteiger partial charge in [-0.1, -0.05) is 5.11 Å². The van der Waals surface area contributed by atoms with Crippen LogP contribution in [0, 0.1) is 0 Å². The summed E-state index contributed by atoms with van der Waals surface area (Å²) >= 11 is 0. The third kappa shape index (κ3) is 5.84. The highest BCUT2D eigenvalue weighted by Gasteiger charge is 2.18. The fourth-order valence-electron chi connectivity index (χ4n) is 0.901. The zero-order valence-electron chi connectivity index (χ0n) is 9.17. The van der Waals surface area contributed by atoms with Crippen molar-refractivity contribution in [3.05, 3.63) is 10.4 Å². The van der Waals surface area contributed by atoms with Gasteiger partial charge in [-0.2, -0.15) is 0 Å². The SMILES string of the molecule is CCOC(=O)CNC(CN=[N+]=[N-])C(=O)OC. The van der Waals surface area contributed by atoms with Crippen molar-refractivity contribution in [2.24, 2.45) is 5.11 Å². The second kappa shape index (κ2) is 8.51. The van der Waals surface area contributed by atoms with Crippen LogP contribution in [0.4, 0.5) is 0 Å². The molecule has 0 aliphatic carbocycles. The quantitative estimate of drug-likeness (QED) is 0.286. The summed E-state index contributed by atoms with van der Waals surface area (Å²) in [6.07, 6.45) is 0. The van der Waals surface area contributed by atoms with E-state index < -0.39 is 18.0 Å². The van der Waals surface area contributed by atoms with Crippen molar-refractivity contribution in [3.8, 4) is 0 Å². The zero-order chi connectivity index (χ0) is 12.4. The van der Waals surface area contributed by atoms with Crippen LogP contribution < -0.4 is 5.32 Å². The number of hydrogen-bond acceptors (Lipinski definition) is 6. The third-order valence-corrected chi connectivity index (χ3v) is 1.61. The first kappa shape index (κ1) is 14.2. The molecular weight excluding hydrogens is 216 g/mol. The molecular formula is C8H14N4O4. The Balaban J connectivity index is 4.15. The number of rotatable bonds is 7. The first-order valence-corrected chi connectivity index (χ1v) is 4.63. The fraction of sp³-hybridized carbons (Fsp3) is 0.750. The predicted octanol–water partition coefficient (Wildman–Crippen LogP) is -0.00900. The van der Waals surface area contributed by atoms with E-state index >= 15 is 0 Å². The number of methoxy groups -OCH3 is 1. The van der Waals surface area contributed by atoms with Crippen molar-refractivity contribution >= 4 is 11.9 Å². The van der Waals surface area contributed by atoms with E-state index in [1.165, 1.54) is 7.11 Å². The van der Waals surface area contributed by atoms with Crippen LogP contribution >= 0.6 is 0 Å². The lowest BCUT2D eigenvalue weighted by molar-refractivity contribution is -0.144. The summed E-state index contributed by atoms with van der Waals surface area (Å²) in [5.74, 6) is -1.09. The normalized spacial score (nSPS) is 11.1. The van der Waals surface area contributed by atoms with Gasteiger partial charge in [-0.05, 0) is 12.5 Å². The molecule has 8 heteroatoms. The number of azide groups is 1. The minimum absolute atomic E-state index is 0.122. The van der Waals surface area contributed by atoms with Crippen LogP contribution in [0.5, 0.6) is 0 Å². The summed E-state index contributed by atoms with van der Waals surface area (Å²) in [6, 6.07) is -0.842. The molecule has 0 saturated carbocycles. The Bertz CT molecular complexity index is 288. The van der Waals surface area contributed by atoms with Gasteiger partial charge < -0.3 is 9.47 Å². The minimum Gasteiger partial charge on any atom is -0.468 e. The van der Waals surface area contributed by atoms with Gasteiger partial charge in [0, 0.05) is 4.91 Å². The summed E-state index contributed by atoms with van der Waals surface area (Å²) in [7, 11) is 1.21. The molecule has 16 heavy (non-hydrogen) atoms. The molecule has 1 atom stereocenters. The Morgan fingerprint density at radius 2 is 2.25 bits per heavy atom. The van der Waals surface area contributed by atoms with Crippen LogP contribution in [0.15, 0.2) is 5.11 Å². The first-order valence-electron chi connectivity index (χ1n) is 4.63. The molecule has 0 aliphatic heterocycles. The fourth-order valence-corrected chi connectivity index (χ4v) is 0.901. The van der Waals surface area contributed by atoms with Gasteiger partial charge in [-0.3, -0.25) is 14.9 Å². The summed E-state index contributed by atoms with van der Waals surface area (Å²) in [5, 5.41) is 5.81. The van der Waals surface area contributed by atoms with E-state index in [2.05, 4.69) is 24.8 Å². The van der Waals surface area contributed by atoms with E-state index in [4.69, 9.17) is 5.53 Å².